The van der Waals surface area contributed by atoms with E-state index < -0.39 is 0 Å². The van der Waals surface area contributed by atoms with Gasteiger partial charge in [0.2, 0.25) is 0 Å². The van der Waals surface area contributed by atoms with E-state index >= 15 is 0 Å². The van der Waals surface area contributed by atoms with Crippen LogP contribution < -0.4 is 5.73 Å². The average Bonchev–Trinajstić information content (AvgIpc) is 2.92. The predicted molar refractivity (Wildman–Crippen MR) is 88.5 cm³/mol. The number of piperazine rings is 1. The number of piperidine rings is 1. The van der Waals surface area contributed by atoms with Crippen LogP contribution in [-0.4, -0.2) is 77.6 Å². The Bertz CT molecular complexity index is 359. The van der Waals surface area contributed by atoms with E-state index in [0.29, 0.717) is 12.1 Å². The molecular weight excluding hydrogens is 260 g/mol. The first-order valence-corrected chi connectivity index (χ1v) is 9.01. The van der Waals surface area contributed by atoms with Crippen molar-refractivity contribution in [1.29, 1.82) is 0 Å². The largest absolute Gasteiger partial charge is 0.329 e. The SMILES string of the molecule is CC(C)N1CCC(CN)(N2CC3CCCCN3CC2C)C1. The van der Waals surface area contributed by atoms with Crippen molar-refractivity contribution in [3.8, 4) is 0 Å². The van der Waals surface area contributed by atoms with Crippen LogP contribution in [-0.2, 0) is 0 Å². The average molecular weight is 294 g/mol. The van der Waals surface area contributed by atoms with Crippen LogP contribution in [0, 0.1) is 0 Å². The summed E-state index contributed by atoms with van der Waals surface area (Å²) in [7, 11) is 0. The van der Waals surface area contributed by atoms with Crippen molar-refractivity contribution < 1.29 is 0 Å². The van der Waals surface area contributed by atoms with Gasteiger partial charge in [-0.15, -0.1) is 0 Å². The second-order valence-corrected chi connectivity index (χ2v) is 7.89. The maximum atomic E-state index is 6.31. The van der Waals surface area contributed by atoms with Crippen LogP contribution in [0.1, 0.15) is 46.5 Å². The van der Waals surface area contributed by atoms with Crippen LogP contribution in [0.25, 0.3) is 0 Å². The van der Waals surface area contributed by atoms with Gasteiger partial charge >= 0.3 is 0 Å². The molecule has 2 N–H and O–H groups in total. The highest BCUT2D eigenvalue weighted by Gasteiger charge is 2.47. The van der Waals surface area contributed by atoms with Gasteiger partial charge in [0, 0.05) is 56.4 Å². The fourth-order valence-corrected chi connectivity index (χ4v) is 4.86. The van der Waals surface area contributed by atoms with Gasteiger partial charge in [-0.05, 0) is 46.6 Å². The number of nitrogens with zero attached hydrogens (tertiary/aromatic N) is 3. The van der Waals surface area contributed by atoms with Gasteiger partial charge in [0.1, 0.15) is 0 Å². The molecule has 3 atom stereocenters. The minimum Gasteiger partial charge on any atom is -0.329 e. The molecule has 3 fully saturated rings. The van der Waals surface area contributed by atoms with Crippen molar-refractivity contribution in [2.75, 3.05) is 39.3 Å². The zero-order valence-electron chi connectivity index (χ0n) is 14.2. The molecule has 0 aromatic carbocycles. The first-order chi connectivity index (χ1) is 10.1. The van der Waals surface area contributed by atoms with E-state index in [2.05, 4.69) is 35.5 Å². The summed E-state index contributed by atoms with van der Waals surface area (Å²) in [6.45, 7) is 14.0. The maximum absolute atomic E-state index is 6.31. The van der Waals surface area contributed by atoms with Gasteiger partial charge in [0.15, 0.2) is 0 Å². The number of likely N-dealkylation sites (tertiary alicyclic amines) is 1. The number of rotatable bonds is 3. The molecule has 0 saturated carbocycles. The second-order valence-electron chi connectivity index (χ2n) is 7.89. The van der Waals surface area contributed by atoms with Crippen molar-refractivity contribution in [3.05, 3.63) is 0 Å². The lowest BCUT2D eigenvalue weighted by Crippen LogP contribution is -2.68. The van der Waals surface area contributed by atoms with E-state index in [9.17, 15) is 0 Å². The molecule has 0 amide bonds. The number of hydrogen-bond acceptors (Lipinski definition) is 4. The Labute approximate surface area is 130 Å². The van der Waals surface area contributed by atoms with E-state index in [1.807, 2.05) is 0 Å². The molecule has 4 heteroatoms. The molecule has 0 bridgehead atoms. The van der Waals surface area contributed by atoms with Crippen molar-refractivity contribution >= 4 is 0 Å². The zero-order chi connectivity index (χ0) is 15.0. The van der Waals surface area contributed by atoms with Crippen LogP contribution in [0.3, 0.4) is 0 Å². The molecule has 3 unspecified atom stereocenters. The Morgan fingerprint density at radius 2 is 2.00 bits per heavy atom. The third-order valence-electron chi connectivity index (χ3n) is 6.27. The topological polar surface area (TPSA) is 35.7 Å². The van der Waals surface area contributed by atoms with Gasteiger partial charge in [-0.2, -0.15) is 0 Å². The quantitative estimate of drug-likeness (QED) is 0.852. The number of hydrogen-bond donors (Lipinski definition) is 1. The fourth-order valence-electron chi connectivity index (χ4n) is 4.86. The van der Waals surface area contributed by atoms with Crippen molar-refractivity contribution in [1.82, 2.24) is 14.7 Å². The van der Waals surface area contributed by atoms with Gasteiger partial charge in [0.05, 0.1) is 0 Å². The summed E-state index contributed by atoms with van der Waals surface area (Å²) in [5.41, 5.74) is 6.54. The third kappa shape index (κ3) is 2.88. The normalized spacial score (nSPS) is 39.9. The van der Waals surface area contributed by atoms with Gasteiger partial charge in [-0.25, -0.2) is 0 Å². The summed E-state index contributed by atoms with van der Waals surface area (Å²) in [6.07, 6.45) is 5.44. The van der Waals surface area contributed by atoms with Crippen LogP contribution >= 0.6 is 0 Å². The Balaban J connectivity index is 1.74. The summed E-state index contributed by atoms with van der Waals surface area (Å²) in [5, 5.41) is 0. The molecule has 0 aromatic rings. The Morgan fingerprint density at radius 3 is 2.67 bits per heavy atom. The second kappa shape index (κ2) is 6.15. The molecule has 0 spiro atoms. The van der Waals surface area contributed by atoms with E-state index in [4.69, 9.17) is 5.73 Å². The molecule has 0 radical (unpaired) electrons. The first kappa shape index (κ1) is 15.7. The lowest BCUT2D eigenvalue weighted by molar-refractivity contribution is -0.0423. The Hall–Kier alpha value is -0.160. The monoisotopic (exact) mass is 294 g/mol. The van der Waals surface area contributed by atoms with Crippen molar-refractivity contribution in [3.63, 3.8) is 0 Å². The minimum atomic E-state index is 0.229. The summed E-state index contributed by atoms with van der Waals surface area (Å²) in [6, 6.07) is 2.08. The van der Waals surface area contributed by atoms with E-state index in [1.165, 1.54) is 51.9 Å². The Kier molecular flexibility index (Phi) is 4.60. The summed E-state index contributed by atoms with van der Waals surface area (Å²) < 4.78 is 0. The van der Waals surface area contributed by atoms with Gasteiger partial charge in [0.25, 0.3) is 0 Å². The lowest BCUT2D eigenvalue weighted by Gasteiger charge is -2.54. The lowest BCUT2D eigenvalue weighted by atomic mass is 9.89. The molecule has 122 valence electrons. The van der Waals surface area contributed by atoms with Crippen LogP contribution in [0.4, 0.5) is 0 Å². The van der Waals surface area contributed by atoms with Crippen molar-refractivity contribution in [2.24, 2.45) is 5.73 Å². The fraction of sp³-hybridized carbons (Fsp3) is 1.00. The minimum absolute atomic E-state index is 0.229. The highest BCUT2D eigenvalue weighted by Crippen LogP contribution is 2.34. The first-order valence-electron chi connectivity index (χ1n) is 9.01. The highest BCUT2D eigenvalue weighted by atomic mass is 15.4. The van der Waals surface area contributed by atoms with Gasteiger partial charge in [-0.3, -0.25) is 14.7 Å². The molecule has 3 aliphatic rings. The van der Waals surface area contributed by atoms with Gasteiger partial charge in [-0.1, -0.05) is 6.42 Å². The zero-order valence-corrected chi connectivity index (χ0v) is 14.2. The third-order valence-corrected chi connectivity index (χ3v) is 6.27. The number of nitrogens with two attached hydrogens (primary N) is 1. The standard InChI is InChI=1S/C17H34N4/c1-14(2)20-9-7-17(12-18,13-20)21-11-16-6-4-5-8-19(16)10-15(21)3/h14-16H,4-13,18H2,1-3H3. The summed E-state index contributed by atoms with van der Waals surface area (Å²) in [4.78, 5) is 8.15. The van der Waals surface area contributed by atoms with Crippen LogP contribution in [0.15, 0.2) is 0 Å². The van der Waals surface area contributed by atoms with Crippen molar-refractivity contribution in [2.45, 2.75) is 70.1 Å². The molecular formula is C17H34N4. The molecule has 3 rings (SSSR count). The molecule has 3 aliphatic heterocycles. The van der Waals surface area contributed by atoms with Crippen LogP contribution in [0.2, 0.25) is 0 Å². The molecule has 0 aromatic heterocycles. The summed E-state index contributed by atoms with van der Waals surface area (Å²) in [5.74, 6) is 0. The molecule has 3 heterocycles. The predicted octanol–water partition coefficient (Wildman–Crippen LogP) is 1.36. The van der Waals surface area contributed by atoms with Gasteiger partial charge < -0.3 is 5.73 Å². The smallest absolute Gasteiger partial charge is 0.0474 e. The molecule has 3 saturated heterocycles. The number of fused-ring (bicyclic) bond motifs is 1. The summed E-state index contributed by atoms with van der Waals surface area (Å²) >= 11 is 0. The van der Waals surface area contributed by atoms with E-state index in [-0.39, 0.29) is 5.54 Å². The molecule has 4 nitrogen and oxygen atoms in total. The van der Waals surface area contributed by atoms with E-state index in [0.717, 1.165) is 19.1 Å². The van der Waals surface area contributed by atoms with Crippen LogP contribution in [0.5, 0.6) is 0 Å². The Morgan fingerprint density at radius 1 is 1.19 bits per heavy atom. The van der Waals surface area contributed by atoms with E-state index in [1.54, 1.807) is 0 Å². The highest BCUT2D eigenvalue weighted by molar-refractivity contribution is 5.05. The molecule has 0 aliphatic carbocycles. The molecule has 21 heavy (non-hydrogen) atoms. The maximum Gasteiger partial charge on any atom is 0.0474 e.